The van der Waals surface area contributed by atoms with Crippen molar-refractivity contribution < 1.29 is 47.0 Å². The van der Waals surface area contributed by atoms with Gasteiger partial charge in [-0.15, -0.1) is 6.54 Å². The molecule has 1 atom stereocenters. The summed E-state index contributed by atoms with van der Waals surface area (Å²) in [5.74, 6) is 0. The summed E-state index contributed by atoms with van der Waals surface area (Å²) >= 11 is 6.35. The molecular formula is C19H28ClN4O3Y-. The summed E-state index contributed by atoms with van der Waals surface area (Å²) in [4.78, 5) is 25.1. The molecule has 1 aromatic heterocycles. The van der Waals surface area contributed by atoms with Crippen molar-refractivity contribution >= 4 is 17.7 Å². The first-order chi connectivity index (χ1) is 12.8. The second-order valence-corrected chi connectivity index (χ2v) is 8.38. The average Bonchev–Trinajstić information content (AvgIpc) is 3.05. The standard InChI is InChI=1S/C19H28ClN4O3.Y/c1-5-23-9-6-7-13(23)12-26-17-21-15-11-24(18(25)27-19(2,3)4)10-8-14(15)16(20)22-17;/h13H,1,5-12H2,2-4H3;/q-1;/t13-;/m0./s1. The fraction of sp³-hybridized carbons (Fsp3) is 0.684. The van der Waals surface area contributed by atoms with Gasteiger partial charge in [-0.1, -0.05) is 11.6 Å². The van der Waals surface area contributed by atoms with Gasteiger partial charge in [0.2, 0.25) is 0 Å². The van der Waals surface area contributed by atoms with Crippen LogP contribution in [0.25, 0.3) is 0 Å². The van der Waals surface area contributed by atoms with Crippen LogP contribution in [0.1, 0.15) is 44.9 Å². The van der Waals surface area contributed by atoms with Gasteiger partial charge in [-0.25, -0.2) is 4.79 Å². The molecule has 1 saturated heterocycles. The molecule has 3 rings (SSSR count). The average molecular weight is 485 g/mol. The number of hydrogen-bond donors (Lipinski definition) is 0. The fourth-order valence-electron chi connectivity index (χ4n) is 3.46. The van der Waals surface area contributed by atoms with Gasteiger partial charge in [0.05, 0.1) is 12.2 Å². The number of rotatable bonds is 4. The van der Waals surface area contributed by atoms with Crippen molar-refractivity contribution in [3.8, 4) is 6.01 Å². The number of halogens is 1. The minimum atomic E-state index is -0.532. The molecule has 28 heavy (non-hydrogen) atoms. The van der Waals surface area contributed by atoms with Gasteiger partial charge in [-0.05, 0) is 46.6 Å². The number of carbonyl (C=O) groups excluding carboxylic acids is 1. The Hall–Kier alpha value is -0.496. The van der Waals surface area contributed by atoms with E-state index in [1.807, 2.05) is 20.8 Å². The van der Waals surface area contributed by atoms with Crippen LogP contribution < -0.4 is 4.74 Å². The molecule has 2 aliphatic rings. The van der Waals surface area contributed by atoms with E-state index in [-0.39, 0.29) is 44.8 Å². The second-order valence-electron chi connectivity index (χ2n) is 8.02. The Balaban J connectivity index is 0.00000280. The smallest absolute Gasteiger partial charge is 0.410 e. The quantitative estimate of drug-likeness (QED) is 0.483. The van der Waals surface area contributed by atoms with Crippen LogP contribution in [-0.4, -0.2) is 63.7 Å². The Kier molecular flexibility index (Phi) is 8.50. The van der Waals surface area contributed by atoms with Crippen LogP contribution in [-0.2, 0) is 50.4 Å². The number of fused-ring (bicyclic) bond motifs is 1. The number of aromatic nitrogens is 2. The zero-order valence-electron chi connectivity index (χ0n) is 16.9. The van der Waals surface area contributed by atoms with Crippen LogP contribution in [0.4, 0.5) is 4.79 Å². The first kappa shape index (κ1) is 23.8. The molecule has 0 aromatic carbocycles. The molecule has 0 bridgehead atoms. The Morgan fingerprint density at radius 3 is 2.75 bits per heavy atom. The van der Waals surface area contributed by atoms with Gasteiger partial charge in [0.25, 0.3) is 0 Å². The molecule has 0 N–H and O–H groups in total. The molecule has 9 heteroatoms. The Morgan fingerprint density at radius 2 is 2.07 bits per heavy atom. The normalized spacial score (nSPS) is 19.8. The Bertz CT molecular complexity index is 698. The number of amides is 1. The molecular weight excluding hydrogens is 457 g/mol. The molecule has 0 unspecified atom stereocenters. The molecule has 153 valence electrons. The molecule has 1 aromatic rings. The van der Waals surface area contributed by atoms with Gasteiger partial charge < -0.3 is 26.2 Å². The van der Waals surface area contributed by atoms with Crippen LogP contribution in [0.2, 0.25) is 5.15 Å². The maximum Gasteiger partial charge on any atom is 0.410 e. The van der Waals surface area contributed by atoms with E-state index in [2.05, 4.69) is 21.8 Å². The van der Waals surface area contributed by atoms with Gasteiger partial charge >= 0.3 is 12.1 Å². The van der Waals surface area contributed by atoms with Gasteiger partial charge in [-0.2, -0.15) is 9.97 Å². The summed E-state index contributed by atoms with van der Waals surface area (Å²) in [7, 11) is 0. The molecule has 1 radical (unpaired) electrons. The fourth-order valence-corrected chi connectivity index (χ4v) is 3.74. The van der Waals surface area contributed by atoms with E-state index >= 15 is 0 Å². The maximum atomic E-state index is 12.3. The minimum absolute atomic E-state index is 0. The Morgan fingerprint density at radius 1 is 1.32 bits per heavy atom. The predicted octanol–water partition coefficient (Wildman–Crippen LogP) is 3.10. The van der Waals surface area contributed by atoms with E-state index in [0.717, 1.165) is 37.2 Å². The third-order valence-corrected chi connectivity index (χ3v) is 5.15. The molecule has 1 amide bonds. The van der Waals surface area contributed by atoms with Crippen LogP contribution >= 0.6 is 11.6 Å². The second kappa shape index (κ2) is 10.0. The third-order valence-electron chi connectivity index (χ3n) is 4.84. The minimum Gasteiger partial charge on any atom is -0.462 e. The summed E-state index contributed by atoms with van der Waals surface area (Å²) in [5, 5.41) is 0.402. The van der Waals surface area contributed by atoms with E-state index in [1.54, 1.807) is 4.90 Å². The molecule has 2 aliphatic heterocycles. The summed E-state index contributed by atoms with van der Waals surface area (Å²) in [6, 6.07) is 0.597. The molecule has 0 spiro atoms. The number of carbonyl (C=O) groups is 1. The summed E-state index contributed by atoms with van der Waals surface area (Å²) in [6.45, 7) is 12.7. The monoisotopic (exact) mass is 484 g/mol. The summed E-state index contributed by atoms with van der Waals surface area (Å²) in [5.41, 5.74) is 1.07. The van der Waals surface area contributed by atoms with Gasteiger partial charge in [0.1, 0.15) is 17.4 Å². The number of likely N-dealkylation sites (tertiary alicyclic amines) is 1. The number of hydrogen-bond acceptors (Lipinski definition) is 6. The van der Waals surface area contributed by atoms with Crippen molar-refractivity contribution in [2.75, 3.05) is 26.2 Å². The molecule has 1 fully saturated rings. The van der Waals surface area contributed by atoms with E-state index in [9.17, 15) is 4.79 Å². The van der Waals surface area contributed by atoms with Crippen LogP contribution in [0.15, 0.2) is 0 Å². The molecule has 0 saturated carbocycles. The van der Waals surface area contributed by atoms with Gasteiger partial charge in [0.15, 0.2) is 0 Å². The van der Waals surface area contributed by atoms with Crippen molar-refractivity contribution in [1.82, 2.24) is 19.8 Å². The zero-order chi connectivity index (χ0) is 19.6. The van der Waals surface area contributed by atoms with Gasteiger partial charge in [-0.3, -0.25) is 0 Å². The first-order valence-corrected chi connectivity index (χ1v) is 9.84. The SMILES string of the molecule is [CH2-]CN1CCC[C@H]1COc1nc(Cl)c2c(n1)CN(C(=O)OC(C)(C)C)CC2.[Y]. The van der Waals surface area contributed by atoms with E-state index in [0.29, 0.717) is 37.3 Å². The van der Waals surface area contributed by atoms with E-state index in [1.165, 1.54) is 0 Å². The maximum absolute atomic E-state index is 12.3. The van der Waals surface area contributed by atoms with Gasteiger partial charge in [0, 0.05) is 50.9 Å². The Labute approximate surface area is 197 Å². The largest absolute Gasteiger partial charge is 0.462 e. The van der Waals surface area contributed by atoms with Crippen molar-refractivity contribution in [3.63, 3.8) is 0 Å². The number of ether oxygens (including phenoxy) is 2. The van der Waals surface area contributed by atoms with E-state index in [4.69, 9.17) is 21.1 Å². The van der Waals surface area contributed by atoms with Crippen molar-refractivity contribution in [2.45, 2.75) is 58.2 Å². The predicted molar refractivity (Wildman–Crippen MR) is 103 cm³/mol. The molecule has 0 aliphatic carbocycles. The van der Waals surface area contributed by atoms with Crippen LogP contribution in [0.3, 0.4) is 0 Å². The van der Waals surface area contributed by atoms with E-state index < -0.39 is 5.60 Å². The third kappa shape index (κ3) is 6.00. The zero-order valence-corrected chi connectivity index (χ0v) is 20.5. The number of nitrogens with zero attached hydrogens (tertiary/aromatic N) is 4. The van der Waals surface area contributed by atoms with Crippen molar-refractivity contribution in [2.24, 2.45) is 0 Å². The van der Waals surface area contributed by atoms with Crippen LogP contribution in [0, 0.1) is 6.92 Å². The van der Waals surface area contributed by atoms with Crippen molar-refractivity contribution in [3.05, 3.63) is 23.3 Å². The van der Waals surface area contributed by atoms with Crippen LogP contribution in [0.5, 0.6) is 6.01 Å². The summed E-state index contributed by atoms with van der Waals surface area (Å²) < 4.78 is 11.3. The first-order valence-electron chi connectivity index (χ1n) is 9.46. The molecule has 3 heterocycles. The topological polar surface area (TPSA) is 67.8 Å². The molecule has 7 nitrogen and oxygen atoms in total. The van der Waals surface area contributed by atoms with Crippen molar-refractivity contribution in [1.29, 1.82) is 0 Å². The summed E-state index contributed by atoms with van der Waals surface area (Å²) in [6.07, 6.45) is 2.49.